The molecular weight excluding hydrogens is 204 g/mol. The summed E-state index contributed by atoms with van der Waals surface area (Å²) in [4.78, 5) is 15.7. The first-order valence-corrected chi connectivity index (χ1v) is 5.62. The van der Waals surface area contributed by atoms with E-state index in [9.17, 15) is 9.90 Å². The number of pyridine rings is 1. The highest BCUT2D eigenvalue weighted by molar-refractivity contribution is 5.94. The molecule has 4 heteroatoms. The molecule has 1 aliphatic rings. The number of carbonyl (C=O) groups is 1. The Morgan fingerprint density at radius 1 is 1.56 bits per heavy atom. The van der Waals surface area contributed by atoms with Gasteiger partial charge in [-0.3, -0.25) is 9.78 Å². The molecule has 1 aromatic rings. The third-order valence-electron chi connectivity index (χ3n) is 3.35. The molecule has 86 valence electrons. The van der Waals surface area contributed by atoms with Crippen molar-refractivity contribution in [1.29, 1.82) is 0 Å². The summed E-state index contributed by atoms with van der Waals surface area (Å²) in [6.07, 6.45) is 6.99. The van der Waals surface area contributed by atoms with Crippen LogP contribution >= 0.6 is 0 Å². The second kappa shape index (κ2) is 4.12. The van der Waals surface area contributed by atoms with Crippen LogP contribution < -0.4 is 5.32 Å². The topological polar surface area (TPSA) is 62.2 Å². The van der Waals surface area contributed by atoms with Crippen LogP contribution in [0.3, 0.4) is 0 Å². The minimum absolute atomic E-state index is 0.0202. The van der Waals surface area contributed by atoms with E-state index in [0.29, 0.717) is 5.56 Å². The Balaban J connectivity index is 2.08. The van der Waals surface area contributed by atoms with Crippen LogP contribution in [-0.2, 0) is 0 Å². The maximum atomic E-state index is 11.9. The van der Waals surface area contributed by atoms with Crippen LogP contribution in [0.4, 0.5) is 0 Å². The van der Waals surface area contributed by atoms with Crippen molar-refractivity contribution in [1.82, 2.24) is 10.3 Å². The molecule has 0 saturated heterocycles. The lowest BCUT2D eigenvalue weighted by molar-refractivity contribution is 0.0819. The van der Waals surface area contributed by atoms with Crippen molar-refractivity contribution in [3.8, 4) is 5.75 Å². The Bertz CT molecular complexity index is 394. The van der Waals surface area contributed by atoms with Gasteiger partial charge in [0.15, 0.2) is 0 Å². The fraction of sp³-hybridized carbons (Fsp3) is 0.500. The van der Waals surface area contributed by atoms with Crippen LogP contribution in [0.25, 0.3) is 0 Å². The van der Waals surface area contributed by atoms with Gasteiger partial charge in [-0.05, 0) is 31.7 Å². The number of carbonyl (C=O) groups excluding carboxylic acids is 1. The van der Waals surface area contributed by atoms with Crippen LogP contribution in [-0.4, -0.2) is 21.5 Å². The zero-order chi connectivity index (χ0) is 11.6. The summed E-state index contributed by atoms with van der Waals surface area (Å²) in [7, 11) is 0. The molecule has 1 aliphatic carbocycles. The van der Waals surface area contributed by atoms with Gasteiger partial charge in [-0.25, -0.2) is 0 Å². The van der Waals surface area contributed by atoms with Gasteiger partial charge in [-0.2, -0.15) is 0 Å². The molecule has 1 aromatic heterocycles. The predicted octanol–water partition coefficient (Wildman–Crippen LogP) is 1.85. The van der Waals surface area contributed by atoms with E-state index >= 15 is 0 Å². The molecule has 2 rings (SSSR count). The highest BCUT2D eigenvalue weighted by Crippen LogP contribution is 2.34. The molecule has 0 radical (unpaired) electrons. The van der Waals surface area contributed by atoms with Gasteiger partial charge >= 0.3 is 0 Å². The van der Waals surface area contributed by atoms with Gasteiger partial charge in [0.25, 0.3) is 5.91 Å². The number of aromatic hydroxyl groups is 1. The molecule has 0 aromatic carbocycles. The molecule has 1 fully saturated rings. The molecule has 1 saturated carbocycles. The fourth-order valence-electron chi connectivity index (χ4n) is 2.04. The number of amides is 1. The maximum Gasteiger partial charge on any atom is 0.253 e. The van der Waals surface area contributed by atoms with E-state index in [0.717, 1.165) is 19.3 Å². The summed E-state index contributed by atoms with van der Waals surface area (Å²) >= 11 is 0. The lowest BCUT2D eigenvalue weighted by Gasteiger charge is -2.42. The standard InChI is InChI=1S/C12H16N2O2/c1-2-12(4-3-5-12)14-11(16)9-6-10(15)8-13-7-9/h6-8,15H,2-5H2,1H3,(H,14,16). The van der Waals surface area contributed by atoms with Gasteiger partial charge in [0.1, 0.15) is 5.75 Å². The summed E-state index contributed by atoms with van der Waals surface area (Å²) in [5.41, 5.74) is 0.391. The molecule has 16 heavy (non-hydrogen) atoms. The first-order chi connectivity index (χ1) is 7.65. The highest BCUT2D eigenvalue weighted by atomic mass is 16.3. The number of nitrogens with one attached hydrogen (secondary N) is 1. The van der Waals surface area contributed by atoms with Crippen molar-refractivity contribution in [2.75, 3.05) is 0 Å². The van der Waals surface area contributed by atoms with Crippen molar-refractivity contribution in [3.05, 3.63) is 24.0 Å². The van der Waals surface area contributed by atoms with Crippen LogP contribution in [0.1, 0.15) is 43.0 Å². The Morgan fingerprint density at radius 3 is 2.81 bits per heavy atom. The Hall–Kier alpha value is -1.58. The van der Waals surface area contributed by atoms with Gasteiger partial charge in [0, 0.05) is 11.7 Å². The number of nitrogens with zero attached hydrogens (tertiary/aromatic N) is 1. The van der Waals surface area contributed by atoms with E-state index < -0.39 is 0 Å². The van der Waals surface area contributed by atoms with Crippen molar-refractivity contribution in [3.63, 3.8) is 0 Å². The van der Waals surface area contributed by atoms with Crippen LogP contribution in [0.2, 0.25) is 0 Å². The van der Waals surface area contributed by atoms with Crippen molar-refractivity contribution >= 4 is 5.91 Å². The second-order valence-corrected chi connectivity index (χ2v) is 4.37. The molecular formula is C12H16N2O2. The van der Waals surface area contributed by atoms with Crippen LogP contribution in [0.5, 0.6) is 5.75 Å². The lowest BCUT2D eigenvalue weighted by Crippen LogP contribution is -2.52. The van der Waals surface area contributed by atoms with E-state index in [-0.39, 0.29) is 17.2 Å². The van der Waals surface area contributed by atoms with Crippen LogP contribution in [0.15, 0.2) is 18.5 Å². The Morgan fingerprint density at radius 2 is 2.31 bits per heavy atom. The summed E-state index contributed by atoms with van der Waals surface area (Å²) < 4.78 is 0. The maximum absolute atomic E-state index is 11.9. The molecule has 0 atom stereocenters. The molecule has 0 bridgehead atoms. The predicted molar refractivity (Wildman–Crippen MR) is 60.2 cm³/mol. The molecule has 2 N–H and O–H groups in total. The summed E-state index contributed by atoms with van der Waals surface area (Å²) in [6.45, 7) is 2.08. The third kappa shape index (κ3) is 2.01. The van der Waals surface area contributed by atoms with E-state index in [1.54, 1.807) is 0 Å². The van der Waals surface area contributed by atoms with Gasteiger partial charge in [-0.15, -0.1) is 0 Å². The molecule has 1 amide bonds. The minimum Gasteiger partial charge on any atom is -0.506 e. The monoisotopic (exact) mass is 220 g/mol. The zero-order valence-corrected chi connectivity index (χ0v) is 9.36. The van der Waals surface area contributed by atoms with Crippen molar-refractivity contribution in [2.45, 2.75) is 38.1 Å². The number of rotatable bonds is 3. The fourth-order valence-corrected chi connectivity index (χ4v) is 2.04. The molecule has 0 spiro atoms. The van der Waals surface area contributed by atoms with E-state index in [1.807, 2.05) is 0 Å². The molecule has 0 unspecified atom stereocenters. The normalized spacial score (nSPS) is 17.6. The average Bonchev–Trinajstić information content (AvgIpc) is 2.23. The minimum atomic E-state index is -0.148. The number of aromatic nitrogens is 1. The summed E-state index contributed by atoms with van der Waals surface area (Å²) in [5.74, 6) is -0.128. The SMILES string of the molecule is CCC1(NC(=O)c2cncc(O)c2)CCC1. The Labute approximate surface area is 94.7 Å². The first-order valence-electron chi connectivity index (χ1n) is 5.62. The smallest absolute Gasteiger partial charge is 0.253 e. The van der Waals surface area contributed by atoms with Gasteiger partial charge < -0.3 is 10.4 Å². The van der Waals surface area contributed by atoms with Crippen molar-refractivity contribution < 1.29 is 9.90 Å². The first kappa shape index (κ1) is 10.9. The highest BCUT2D eigenvalue weighted by Gasteiger charge is 2.36. The number of hydrogen-bond donors (Lipinski definition) is 2. The van der Waals surface area contributed by atoms with E-state index in [4.69, 9.17) is 0 Å². The largest absolute Gasteiger partial charge is 0.506 e. The summed E-state index contributed by atoms with van der Waals surface area (Å²) in [5, 5.41) is 12.3. The molecule has 1 heterocycles. The second-order valence-electron chi connectivity index (χ2n) is 4.37. The third-order valence-corrected chi connectivity index (χ3v) is 3.35. The zero-order valence-electron chi connectivity index (χ0n) is 9.36. The number of hydrogen-bond acceptors (Lipinski definition) is 3. The Kier molecular flexibility index (Phi) is 2.81. The van der Waals surface area contributed by atoms with Gasteiger partial charge in [-0.1, -0.05) is 6.92 Å². The lowest BCUT2D eigenvalue weighted by atomic mass is 9.74. The van der Waals surface area contributed by atoms with Gasteiger partial charge in [0.05, 0.1) is 11.8 Å². The van der Waals surface area contributed by atoms with E-state index in [1.165, 1.54) is 24.9 Å². The average molecular weight is 220 g/mol. The van der Waals surface area contributed by atoms with Crippen LogP contribution in [0, 0.1) is 0 Å². The van der Waals surface area contributed by atoms with Crippen molar-refractivity contribution in [2.24, 2.45) is 0 Å². The quantitative estimate of drug-likeness (QED) is 0.817. The molecule has 4 nitrogen and oxygen atoms in total. The van der Waals surface area contributed by atoms with E-state index in [2.05, 4.69) is 17.2 Å². The van der Waals surface area contributed by atoms with Gasteiger partial charge in [0.2, 0.25) is 0 Å². The summed E-state index contributed by atoms with van der Waals surface area (Å²) in [6, 6.07) is 1.43. The molecule has 0 aliphatic heterocycles.